The van der Waals surface area contributed by atoms with Crippen molar-refractivity contribution in [2.45, 2.75) is 25.8 Å². The van der Waals surface area contributed by atoms with Gasteiger partial charge in [-0.3, -0.25) is 9.58 Å². The normalized spacial score (nSPS) is 13.5. The summed E-state index contributed by atoms with van der Waals surface area (Å²) in [7, 11) is 1.66. The monoisotopic (exact) mass is 314 g/mol. The van der Waals surface area contributed by atoms with Gasteiger partial charge in [0.15, 0.2) is 0 Å². The predicted molar refractivity (Wildman–Crippen MR) is 88.9 cm³/mol. The molecule has 1 aromatic heterocycles. The number of aromatic nitrogens is 2. The molecule has 0 unspecified atom stereocenters. The van der Waals surface area contributed by atoms with Gasteiger partial charge in [0.25, 0.3) is 0 Å². The number of hydrogen-bond donors (Lipinski definition) is 1. The molecule has 1 N–H and O–H groups in total. The lowest BCUT2D eigenvalue weighted by molar-refractivity contribution is 0.245. The molecule has 0 bridgehead atoms. The van der Waals surface area contributed by atoms with E-state index < -0.39 is 0 Å². The maximum Gasteiger partial charge on any atom is 0.321 e. The highest BCUT2D eigenvalue weighted by Crippen LogP contribution is 2.30. The quantitative estimate of drug-likeness (QED) is 0.862. The van der Waals surface area contributed by atoms with Gasteiger partial charge in [0.2, 0.25) is 0 Å². The van der Waals surface area contributed by atoms with E-state index in [0.717, 1.165) is 43.8 Å². The zero-order valence-corrected chi connectivity index (χ0v) is 13.4. The highest BCUT2D eigenvalue weighted by molar-refractivity contribution is 5.93. The topological polar surface area (TPSA) is 59.4 Å². The SMILES string of the molecule is COc1ccc2c(c1)CCCN2C(=O)NCCCn1cccn1. The number of ether oxygens (including phenoxy) is 1. The first kappa shape index (κ1) is 15.4. The van der Waals surface area contributed by atoms with Gasteiger partial charge < -0.3 is 10.1 Å². The average molecular weight is 314 g/mol. The Bertz CT molecular complexity index is 655. The van der Waals surface area contributed by atoms with Crippen molar-refractivity contribution in [2.75, 3.05) is 25.1 Å². The molecule has 122 valence electrons. The van der Waals surface area contributed by atoms with E-state index in [2.05, 4.69) is 10.4 Å². The largest absolute Gasteiger partial charge is 0.497 e. The third kappa shape index (κ3) is 3.64. The standard InChI is InChI=1S/C17H22N4O2/c1-23-15-6-7-16-14(13-15)5-2-12-21(16)17(22)18-8-3-10-20-11-4-9-19-20/h4,6-7,9,11,13H,2-3,5,8,10,12H2,1H3,(H,18,22). The van der Waals surface area contributed by atoms with E-state index in [9.17, 15) is 4.79 Å². The lowest BCUT2D eigenvalue weighted by Crippen LogP contribution is -2.43. The van der Waals surface area contributed by atoms with Crippen molar-refractivity contribution < 1.29 is 9.53 Å². The minimum atomic E-state index is -0.0309. The number of aryl methyl sites for hydroxylation is 2. The molecule has 2 heterocycles. The molecule has 0 radical (unpaired) electrons. The van der Waals surface area contributed by atoms with Crippen molar-refractivity contribution in [2.24, 2.45) is 0 Å². The van der Waals surface area contributed by atoms with Gasteiger partial charge in [0, 0.05) is 37.7 Å². The Morgan fingerprint density at radius 1 is 1.43 bits per heavy atom. The maximum atomic E-state index is 12.4. The number of benzene rings is 1. The average Bonchev–Trinajstić information content (AvgIpc) is 3.10. The summed E-state index contributed by atoms with van der Waals surface area (Å²) in [6.07, 6.45) is 6.50. The van der Waals surface area contributed by atoms with E-state index in [4.69, 9.17) is 4.74 Å². The second-order valence-electron chi connectivity index (χ2n) is 5.60. The summed E-state index contributed by atoms with van der Waals surface area (Å²) in [5.74, 6) is 0.838. The van der Waals surface area contributed by atoms with Crippen LogP contribution in [0.2, 0.25) is 0 Å². The van der Waals surface area contributed by atoms with Crippen molar-refractivity contribution in [3.63, 3.8) is 0 Å². The van der Waals surface area contributed by atoms with Crippen molar-refractivity contribution >= 4 is 11.7 Å². The number of rotatable bonds is 5. The molecule has 1 aliphatic heterocycles. The number of urea groups is 1. The number of nitrogens with one attached hydrogen (secondary N) is 1. The van der Waals surface area contributed by atoms with E-state index in [1.807, 2.05) is 40.0 Å². The zero-order chi connectivity index (χ0) is 16.1. The van der Waals surface area contributed by atoms with Crippen LogP contribution in [0, 0.1) is 0 Å². The highest BCUT2D eigenvalue weighted by atomic mass is 16.5. The van der Waals surface area contributed by atoms with E-state index >= 15 is 0 Å². The van der Waals surface area contributed by atoms with Gasteiger partial charge in [0.1, 0.15) is 5.75 Å². The van der Waals surface area contributed by atoms with E-state index in [-0.39, 0.29) is 6.03 Å². The zero-order valence-electron chi connectivity index (χ0n) is 13.4. The molecule has 0 fully saturated rings. The van der Waals surface area contributed by atoms with Gasteiger partial charge in [-0.2, -0.15) is 5.10 Å². The fourth-order valence-electron chi connectivity index (χ4n) is 2.88. The molecular weight excluding hydrogens is 292 g/mol. The van der Waals surface area contributed by atoms with Crippen LogP contribution >= 0.6 is 0 Å². The molecule has 2 amide bonds. The van der Waals surface area contributed by atoms with Crippen LogP contribution in [0.1, 0.15) is 18.4 Å². The first-order valence-corrected chi connectivity index (χ1v) is 7.97. The molecule has 0 atom stereocenters. The number of carbonyl (C=O) groups excluding carboxylic acids is 1. The minimum absolute atomic E-state index is 0.0309. The first-order valence-electron chi connectivity index (χ1n) is 7.97. The van der Waals surface area contributed by atoms with Gasteiger partial charge in [-0.25, -0.2) is 4.79 Å². The van der Waals surface area contributed by atoms with E-state index in [1.165, 1.54) is 5.56 Å². The van der Waals surface area contributed by atoms with Crippen molar-refractivity contribution in [1.29, 1.82) is 0 Å². The Kier molecular flexibility index (Phi) is 4.80. The van der Waals surface area contributed by atoms with Crippen LogP contribution in [0.25, 0.3) is 0 Å². The molecule has 0 spiro atoms. The second kappa shape index (κ2) is 7.17. The second-order valence-corrected chi connectivity index (χ2v) is 5.60. The molecule has 0 aliphatic carbocycles. The molecule has 3 rings (SSSR count). The van der Waals surface area contributed by atoms with Crippen LogP contribution in [0.5, 0.6) is 5.75 Å². The van der Waals surface area contributed by atoms with Crippen molar-refractivity contribution in [1.82, 2.24) is 15.1 Å². The number of hydrogen-bond acceptors (Lipinski definition) is 3. The summed E-state index contributed by atoms with van der Waals surface area (Å²) in [6, 6.07) is 7.76. The van der Waals surface area contributed by atoms with E-state index in [0.29, 0.717) is 6.54 Å². The number of methoxy groups -OCH3 is 1. The summed E-state index contributed by atoms with van der Waals surface area (Å²) in [6.45, 7) is 2.20. The summed E-state index contributed by atoms with van der Waals surface area (Å²) >= 11 is 0. The van der Waals surface area contributed by atoms with Crippen molar-refractivity contribution in [3.8, 4) is 5.75 Å². The molecule has 2 aromatic rings. The summed E-state index contributed by atoms with van der Waals surface area (Å²) in [5, 5.41) is 7.15. The van der Waals surface area contributed by atoms with Gasteiger partial charge in [-0.15, -0.1) is 0 Å². The first-order chi connectivity index (χ1) is 11.3. The Morgan fingerprint density at radius 3 is 3.13 bits per heavy atom. The van der Waals surface area contributed by atoms with Crippen LogP contribution in [0.15, 0.2) is 36.7 Å². The maximum absolute atomic E-state index is 12.4. The number of nitrogens with zero attached hydrogens (tertiary/aromatic N) is 3. The van der Waals surface area contributed by atoms with Gasteiger partial charge in [0.05, 0.1) is 7.11 Å². The van der Waals surface area contributed by atoms with Gasteiger partial charge in [-0.1, -0.05) is 0 Å². The number of fused-ring (bicyclic) bond motifs is 1. The summed E-state index contributed by atoms with van der Waals surface area (Å²) in [4.78, 5) is 14.3. The molecule has 23 heavy (non-hydrogen) atoms. The Balaban J connectivity index is 1.56. The molecule has 1 aliphatic rings. The number of carbonyl (C=O) groups is 1. The van der Waals surface area contributed by atoms with Crippen LogP contribution in [0.3, 0.4) is 0 Å². The molecule has 1 aromatic carbocycles. The third-order valence-corrected chi connectivity index (χ3v) is 4.05. The molecular formula is C17H22N4O2. The smallest absolute Gasteiger partial charge is 0.321 e. The van der Waals surface area contributed by atoms with Crippen LogP contribution < -0.4 is 15.0 Å². The van der Waals surface area contributed by atoms with Gasteiger partial charge in [-0.05, 0) is 49.1 Å². The van der Waals surface area contributed by atoms with Crippen LogP contribution in [-0.2, 0) is 13.0 Å². The van der Waals surface area contributed by atoms with Crippen LogP contribution in [0.4, 0.5) is 10.5 Å². The highest BCUT2D eigenvalue weighted by Gasteiger charge is 2.22. The molecule has 0 saturated heterocycles. The minimum Gasteiger partial charge on any atom is -0.497 e. The van der Waals surface area contributed by atoms with Crippen molar-refractivity contribution in [3.05, 3.63) is 42.2 Å². The summed E-state index contributed by atoms with van der Waals surface area (Å²) < 4.78 is 7.13. The fourth-order valence-corrected chi connectivity index (χ4v) is 2.88. The van der Waals surface area contributed by atoms with Crippen LogP contribution in [-0.4, -0.2) is 36.0 Å². The Morgan fingerprint density at radius 2 is 2.35 bits per heavy atom. The third-order valence-electron chi connectivity index (χ3n) is 4.05. The Hall–Kier alpha value is -2.50. The van der Waals surface area contributed by atoms with E-state index in [1.54, 1.807) is 13.3 Å². The Labute approximate surface area is 136 Å². The molecule has 6 heteroatoms. The predicted octanol–water partition coefficient (Wildman–Crippen LogP) is 2.44. The lowest BCUT2D eigenvalue weighted by atomic mass is 10.0. The number of anilines is 1. The summed E-state index contributed by atoms with van der Waals surface area (Å²) in [5.41, 5.74) is 2.16. The lowest BCUT2D eigenvalue weighted by Gasteiger charge is -2.29. The molecule has 0 saturated carbocycles. The number of amides is 2. The molecule has 6 nitrogen and oxygen atoms in total. The fraction of sp³-hybridized carbons (Fsp3) is 0.412. The van der Waals surface area contributed by atoms with Gasteiger partial charge >= 0.3 is 6.03 Å².